The number of methoxy groups -OCH3 is 1. The SMILES string of the molecule is COC1CCCC(Oc2c(Cl)cccc2/C=C/C(=O)O)C1. The molecule has 0 amide bonds. The monoisotopic (exact) mass is 310 g/mol. The Bertz CT molecular complexity index is 527. The molecule has 1 fully saturated rings. The molecule has 1 N–H and O–H groups in total. The standard InChI is InChI=1S/C16H19ClO4/c1-20-12-5-3-6-13(10-12)21-16-11(8-9-15(18)19)4-2-7-14(16)17/h2,4,7-9,12-13H,3,5-6,10H2,1H3,(H,18,19)/b9-8+. The van der Waals surface area contributed by atoms with Gasteiger partial charge >= 0.3 is 5.97 Å². The first-order valence-corrected chi connectivity index (χ1v) is 7.37. The number of carboxylic acid groups (broad SMARTS) is 1. The van der Waals surface area contributed by atoms with Crippen LogP contribution >= 0.6 is 11.6 Å². The minimum Gasteiger partial charge on any atom is -0.488 e. The first kappa shape index (κ1) is 15.9. The van der Waals surface area contributed by atoms with Gasteiger partial charge in [0.2, 0.25) is 0 Å². The molecule has 1 saturated carbocycles. The number of benzene rings is 1. The van der Waals surface area contributed by atoms with Gasteiger partial charge in [0.05, 0.1) is 11.1 Å². The second kappa shape index (κ2) is 7.48. The van der Waals surface area contributed by atoms with Crippen molar-refractivity contribution in [2.75, 3.05) is 7.11 Å². The van der Waals surface area contributed by atoms with E-state index in [4.69, 9.17) is 26.2 Å². The Morgan fingerprint density at radius 1 is 1.38 bits per heavy atom. The summed E-state index contributed by atoms with van der Waals surface area (Å²) in [5, 5.41) is 9.23. The second-order valence-corrected chi connectivity index (χ2v) is 5.50. The molecule has 2 rings (SSSR count). The van der Waals surface area contributed by atoms with E-state index in [1.807, 2.05) is 0 Å². The second-order valence-electron chi connectivity index (χ2n) is 5.09. The Kier molecular flexibility index (Phi) is 5.65. The smallest absolute Gasteiger partial charge is 0.328 e. The summed E-state index contributed by atoms with van der Waals surface area (Å²) in [6.45, 7) is 0. The van der Waals surface area contributed by atoms with Crippen LogP contribution in [0.2, 0.25) is 5.02 Å². The van der Waals surface area contributed by atoms with Crippen LogP contribution in [0.5, 0.6) is 5.75 Å². The summed E-state index contributed by atoms with van der Waals surface area (Å²) in [5.41, 5.74) is 0.671. The summed E-state index contributed by atoms with van der Waals surface area (Å²) in [7, 11) is 1.71. The maximum absolute atomic E-state index is 10.7. The maximum Gasteiger partial charge on any atom is 0.328 e. The topological polar surface area (TPSA) is 55.8 Å². The highest BCUT2D eigenvalue weighted by Gasteiger charge is 2.24. The highest BCUT2D eigenvalue weighted by Crippen LogP contribution is 2.33. The predicted octanol–water partition coefficient (Wildman–Crippen LogP) is 3.77. The van der Waals surface area contributed by atoms with E-state index < -0.39 is 5.97 Å². The summed E-state index contributed by atoms with van der Waals surface area (Å²) < 4.78 is 11.4. The molecule has 1 aliphatic rings. The van der Waals surface area contributed by atoms with Crippen molar-refractivity contribution in [1.82, 2.24) is 0 Å². The summed E-state index contributed by atoms with van der Waals surface area (Å²) in [5.74, 6) is -0.462. The molecule has 0 bridgehead atoms. The van der Waals surface area contributed by atoms with E-state index in [1.165, 1.54) is 6.08 Å². The van der Waals surface area contributed by atoms with E-state index in [9.17, 15) is 4.79 Å². The number of rotatable bonds is 5. The Hall–Kier alpha value is -1.52. The number of hydrogen-bond acceptors (Lipinski definition) is 3. The van der Waals surface area contributed by atoms with Gasteiger partial charge in [0, 0.05) is 25.2 Å². The van der Waals surface area contributed by atoms with Crippen LogP contribution in [-0.4, -0.2) is 30.4 Å². The minimum atomic E-state index is -1.00. The average Bonchev–Trinajstić information content (AvgIpc) is 2.48. The van der Waals surface area contributed by atoms with Gasteiger partial charge in [-0.25, -0.2) is 4.79 Å². The Balaban J connectivity index is 2.16. The van der Waals surface area contributed by atoms with Crippen molar-refractivity contribution in [3.8, 4) is 5.75 Å². The Morgan fingerprint density at radius 3 is 2.86 bits per heavy atom. The number of aliphatic carboxylic acids is 1. The number of halogens is 1. The summed E-state index contributed by atoms with van der Waals surface area (Å²) >= 11 is 6.20. The van der Waals surface area contributed by atoms with Crippen LogP contribution in [-0.2, 0) is 9.53 Å². The molecule has 0 heterocycles. The van der Waals surface area contributed by atoms with Gasteiger partial charge in [0.25, 0.3) is 0 Å². The van der Waals surface area contributed by atoms with Crippen LogP contribution in [0, 0.1) is 0 Å². The number of hydrogen-bond donors (Lipinski definition) is 1. The van der Waals surface area contributed by atoms with Gasteiger partial charge < -0.3 is 14.6 Å². The molecule has 0 spiro atoms. The van der Waals surface area contributed by atoms with Gasteiger partial charge in [-0.2, -0.15) is 0 Å². The molecule has 1 aromatic carbocycles. The molecule has 114 valence electrons. The van der Waals surface area contributed by atoms with E-state index in [2.05, 4.69) is 0 Å². The average molecular weight is 311 g/mol. The molecule has 4 nitrogen and oxygen atoms in total. The first-order valence-electron chi connectivity index (χ1n) is 6.99. The quantitative estimate of drug-likeness (QED) is 0.841. The zero-order valence-electron chi connectivity index (χ0n) is 11.9. The molecular weight excluding hydrogens is 292 g/mol. The molecule has 2 atom stereocenters. The lowest BCUT2D eigenvalue weighted by Gasteiger charge is -2.29. The first-order chi connectivity index (χ1) is 10.1. The molecular formula is C16H19ClO4. The minimum absolute atomic E-state index is 0.0422. The van der Waals surface area contributed by atoms with Crippen LogP contribution in [0.4, 0.5) is 0 Å². The number of para-hydroxylation sites is 1. The van der Waals surface area contributed by atoms with Crippen molar-refractivity contribution in [1.29, 1.82) is 0 Å². The van der Waals surface area contributed by atoms with Crippen molar-refractivity contribution < 1.29 is 19.4 Å². The molecule has 5 heteroatoms. The molecule has 0 aromatic heterocycles. The fraction of sp³-hybridized carbons (Fsp3) is 0.438. The van der Waals surface area contributed by atoms with E-state index in [0.717, 1.165) is 31.8 Å². The third-order valence-corrected chi connectivity index (χ3v) is 3.90. The predicted molar refractivity (Wildman–Crippen MR) is 81.8 cm³/mol. The van der Waals surface area contributed by atoms with Crippen molar-refractivity contribution in [3.05, 3.63) is 34.9 Å². The lowest BCUT2D eigenvalue weighted by molar-refractivity contribution is -0.131. The van der Waals surface area contributed by atoms with Crippen molar-refractivity contribution in [3.63, 3.8) is 0 Å². The van der Waals surface area contributed by atoms with Crippen LogP contribution in [0.15, 0.2) is 24.3 Å². The maximum atomic E-state index is 10.7. The van der Waals surface area contributed by atoms with Crippen LogP contribution in [0.1, 0.15) is 31.2 Å². The Morgan fingerprint density at radius 2 is 2.14 bits per heavy atom. The molecule has 2 unspecified atom stereocenters. The fourth-order valence-electron chi connectivity index (χ4n) is 2.53. The zero-order chi connectivity index (χ0) is 15.2. The molecule has 0 radical (unpaired) electrons. The van der Waals surface area contributed by atoms with Gasteiger partial charge in [0.1, 0.15) is 11.9 Å². The molecule has 1 aromatic rings. The number of ether oxygens (including phenoxy) is 2. The molecule has 0 saturated heterocycles. The van der Waals surface area contributed by atoms with Gasteiger partial charge in [-0.05, 0) is 31.4 Å². The van der Waals surface area contributed by atoms with Crippen LogP contribution in [0.3, 0.4) is 0 Å². The number of carboxylic acids is 1. The van der Waals surface area contributed by atoms with Crippen molar-refractivity contribution >= 4 is 23.6 Å². The number of carbonyl (C=O) groups is 1. The van der Waals surface area contributed by atoms with Crippen molar-refractivity contribution in [2.45, 2.75) is 37.9 Å². The van der Waals surface area contributed by atoms with Gasteiger partial charge in [-0.3, -0.25) is 0 Å². The van der Waals surface area contributed by atoms with Gasteiger partial charge in [0.15, 0.2) is 0 Å². The third kappa shape index (κ3) is 4.48. The summed E-state index contributed by atoms with van der Waals surface area (Å²) in [4.78, 5) is 10.7. The van der Waals surface area contributed by atoms with E-state index >= 15 is 0 Å². The van der Waals surface area contributed by atoms with Crippen LogP contribution in [0.25, 0.3) is 6.08 Å². The van der Waals surface area contributed by atoms with E-state index in [1.54, 1.807) is 25.3 Å². The fourth-order valence-corrected chi connectivity index (χ4v) is 2.76. The lowest BCUT2D eigenvalue weighted by atomic mass is 9.95. The normalized spacial score (nSPS) is 22.4. The molecule has 21 heavy (non-hydrogen) atoms. The van der Waals surface area contributed by atoms with Gasteiger partial charge in [-0.15, -0.1) is 0 Å². The summed E-state index contributed by atoms with van der Waals surface area (Å²) in [6.07, 6.45) is 6.71. The van der Waals surface area contributed by atoms with Crippen LogP contribution < -0.4 is 4.74 Å². The molecule has 0 aliphatic heterocycles. The van der Waals surface area contributed by atoms with Crippen molar-refractivity contribution in [2.24, 2.45) is 0 Å². The highest BCUT2D eigenvalue weighted by atomic mass is 35.5. The van der Waals surface area contributed by atoms with E-state index in [-0.39, 0.29) is 12.2 Å². The largest absolute Gasteiger partial charge is 0.488 e. The lowest BCUT2D eigenvalue weighted by Crippen LogP contribution is -2.29. The third-order valence-electron chi connectivity index (χ3n) is 3.60. The molecule has 1 aliphatic carbocycles. The van der Waals surface area contributed by atoms with Gasteiger partial charge in [-0.1, -0.05) is 23.7 Å². The van der Waals surface area contributed by atoms with E-state index in [0.29, 0.717) is 16.3 Å². The summed E-state index contributed by atoms with van der Waals surface area (Å²) in [6, 6.07) is 5.30. The zero-order valence-corrected chi connectivity index (χ0v) is 12.7. The Labute approximate surface area is 129 Å². The highest BCUT2D eigenvalue weighted by molar-refractivity contribution is 6.32.